The summed E-state index contributed by atoms with van der Waals surface area (Å²) in [6.07, 6.45) is 2.01. The van der Waals surface area contributed by atoms with Crippen molar-refractivity contribution in [2.24, 2.45) is 0 Å². The summed E-state index contributed by atoms with van der Waals surface area (Å²) in [5, 5.41) is 6.12. The fraction of sp³-hybridized carbons (Fsp3) is 0.429. The highest BCUT2D eigenvalue weighted by atomic mass is 35.5. The predicted octanol–water partition coefficient (Wildman–Crippen LogP) is 1.91. The second-order valence-electron chi connectivity index (χ2n) is 4.28. The third-order valence-corrected chi connectivity index (χ3v) is 3.00. The van der Waals surface area contributed by atoms with Crippen molar-refractivity contribution < 1.29 is 9.59 Å². The second-order valence-corrected chi connectivity index (χ2v) is 4.69. The van der Waals surface area contributed by atoms with Crippen LogP contribution < -0.4 is 10.6 Å². The van der Waals surface area contributed by atoms with E-state index in [9.17, 15) is 9.59 Å². The SMILES string of the molecule is CC(=O)NCCNC(=O)CCCc1ccccc1Cl. The molecule has 0 aliphatic rings. The molecule has 0 bridgehead atoms. The Balaban J connectivity index is 2.14. The van der Waals surface area contributed by atoms with E-state index in [1.165, 1.54) is 6.92 Å². The van der Waals surface area contributed by atoms with Crippen molar-refractivity contribution in [3.05, 3.63) is 34.9 Å². The maximum Gasteiger partial charge on any atom is 0.220 e. The first-order valence-corrected chi connectivity index (χ1v) is 6.72. The largest absolute Gasteiger partial charge is 0.355 e. The number of nitrogens with one attached hydrogen (secondary N) is 2. The molecule has 0 aliphatic heterocycles. The number of rotatable bonds is 7. The number of aryl methyl sites for hydroxylation is 1. The van der Waals surface area contributed by atoms with Crippen LogP contribution in [0.3, 0.4) is 0 Å². The molecule has 4 nitrogen and oxygen atoms in total. The Kier molecular flexibility index (Phi) is 6.97. The van der Waals surface area contributed by atoms with E-state index in [0.717, 1.165) is 23.4 Å². The molecule has 104 valence electrons. The van der Waals surface area contributed by atoms with E-state index in [4.69, 9.17) is 11.6 Å². The summed E-state index contributed by atoms with van der Waals surface area (Å²) in [6.45, 7) is 2.38. The second kappa shape index (κ2) is 8.53. The lowest BCUT2D eigenvalue weighted by molar-refractivity contribution is -0.122. The molecule has 0 saturated heterocycles. The molecule has 0 atom stereocenters. The molecule has 19 heavy (non-hydrogen) atoms. The Labute approximate surface area is 118 Å². The molecule has 0 heterocycles. The lowest BCUT2D eigenvalue weighted by Gasteiger charge is -2.06. The van der Waals surface area contributed by atoms with Crippen LogP contribution in [-0.2, 0) is 16.0 Å². The topological polar surface area (TPSA) is 58.2 Å². The van der Waals surface area contributed by atoms with Crippen molar-refractivity contribution >= 4 is 23.4 Å². The van der Waals surface area contributed by atoms with E-state index in [-0.39, 0.29) is 11.8 Å². The summed E-state index contributed by atoms with van der Waals surface area (Å²) in [4.78, 5) is 22.1. The van der Waals surface area contributed by atoms with Gasteiger partial charge < -0.3 is 10.6 Å². The highest BCUT2D eigenvalue weighted by molar-refractivity contribution is 6.31. The molecule has 1 aromatic carbocycles. The Hall–Kier alpha value is -1.55. The van der Waals surface area contributed by atoms with Gasteiger partial charge in [-0.3, -0.25) is 9.59 Å². The molecular weight excluding hydrogens is 264 g/mol. The average Bonchev–Trinajstić information content (AvgIpc) is 2.37. The highest BCUT2D eigenvalue weighted by Gasteiger charge is 2.03. The fourth-order valence-electron chi connectivity index (χ4n) is 1.67. The maximum absolute atomic E-state index is 11.5. The Morgan fingerprint density at radius 3 is 2.53 bits per heavy atom. The lowest BCUT2D eigenvalue weighted by Crippen LogP contribution is -2.33. The van der Waals surface area contributed by atoms with Crippen LogP contribution in [-0.4, -0.2) is 24.9 Å². The van der Waals surface area contributed by atoms with Crippen LogP contribution in [0, 0.1) is 0 Å². The van der Waals surface area contributed by atoms with Crippen molar-refractivity contribution in [3.63, 3.8) is 0 Å². The monoisotopic (exact) mass is 282 g/mol. The first-order valence-electron chi connectivity index (χ1n) is 6.34. The molecule has 0 unspecified atom stereocenters. The quantitative estimate of drug-likeness (QED) is 0.751. The van der Waals surface area contributed by atoms with Gasteiger partial charge in [0.1, 0.15) is 0 Å². The molecule has 1 aromatic rings. The Morgan fingerprint density at radius 2 is 1.84 bits per heavy atom. The number of carbonyl (C=O) groups is 2. The number of amides is 2. The van der Waals surface area contributed by atoms with Gasteiger partial charge in [-0.2, -0.15) is 0 Å². The van der Waals surface area contributed by atoms with E-state index >= 15 is 0 Å². The van der Waals surface area contributed by atoms with Gasteiger partial charge in [-0.05, 0) is 24.5 Å². The van der Waals surface area contributed by atoms with Gasteiger partial charge >= 0.3 is 0 Å². The summed E-state index contributed by atoms with van der Waals surface area (Å²) in [6, 6.07) is 7.65. The van der Waals surface area contributed by atoms with Gasteiger partial charge in [-0.1, -0.05) is 29.8 Å². The maximum atomic E-state index is 11.5. The lowest BCUT2D eigenvalue weighted by atomic mass is 10.1. The summed E-state index contributed by atoms with van der Waals surface area (Å²) in [7, 11) is 0. The normalized spacial score (nSPS) is 10.0. The van der Waals surface area contributed by atoms with Gasteiger partial charge in [0.05, 0.1) is 0 Å². The van der Waals surface area contributed by atoms with Gasteiger partial charge in [-0.15, -0.1) is 0 Å². The zero-order valence-corrected chi connectivity index (χ0v) is 11.8. The molecule has 0 spiro atoms. The summed E-state index contributed by atoms with van der Waals surface area (Å²) in [5.41, 5.74) is 1.07. The molecule has 0 fully saturated rings. The molecule has 0 radical (unpaired) electrons. The number of carbonyl (C=O) groups excluding carboxylic acids is 2. The minimum absolute atomic E-state index is 0.00240. The van der Waals surface area contributed by atoms with E-state index < -0.39 is 0 Å². The summed E-state index contributed by atoms with van der Waals surface area (Å²) >= 11 is 6.03. The van der Waals surface area contributed by atoms with Crippen LogP contribution in [0.15, 0.2) is 24.3 Å². The molecule has 0 aromatic heterocycles. The van der Waals surface area contributed by atoms with Gasteiger partial charge in [-0.25, -0.2) is 0 Å². The van der Waals surface area contributed by atoms with Crippen LogP contribution in [0.2, 0.25) is 5.02 Å². The van der Waals surface area contributed by atoms with E-state index in [2.05, 4.69) is 10.6 Å². The molecule has 5 heteroatoms. The van der Waals surface area contributed by atoms with Crippen molar-refractivity contribution in [1.82, 2.24) is 10.6 Å². The number of hydrogen-bond acceptors (Lipinski definition) is 2. The highest BCUT2D eigenvalue weighted by Crippen LogP contribution is 2.16. The summed E-state index contributed by atoms with van der Waals surface area (Å²) in [5.74, 6) is -0.0922. The van der Waals surface area contributed by atoms with E-state index in [0.29, 0.717) is 19.5 Å². The van der Waals surface area contributed by atoms with Gasteiger partial charge in [0.2, 0.25) is 11.8 Å². The molecule has 0 aliphatic carbocycles. The van der Waals surface area contributed by atoms with Crippen LogP contribution in [0.5, 0.6) is 0 Å². The summed E-state index contributed by atoms with van der Waals surface area (Å²) < 4.78 is 0. The standard InChI is InChI=1S/C14H19ClN2O2/c1-11(18)16-9-10-17-14(19)8-4-6-12-5-2-3-7-13(12)15/h2-3,5,7H,4,6,8-10H2,1H3,(H,16,18)(H,17,19). The molecule has 2 N–H and O–H groups in total. The van der Waals surface area contributed by atoms with Crippen molar-refractivity contribution in [2.75, 3.05) is 13.1 Å². The van der Waals surface area contributed by atoms with E-state index in [1.54, 1.807) is 0 Å². The van der Waals surface area contributed by atoms with Crippen molar-refractivity contribution in [2.45, 2.75) is 26.2 Å². The first-order chi connectivity index (χ1) is 9.09. The predicted molar refractivity (Wildman–Crippen MR) is 76.1 cm³/mol. The van der Waals surface area contributed by atoms with Gasteiger partial charge in [0, 0.05) is 31.5 Å². The minimum atomic E-state index is -0.0898. The Bertz CT molecular complexity index is 435. The van der Waals surface area contributed by atoms with Crippen LogP contribution in [0.4, 0.5) is 0 Å². The minimum Gasteiger partial charge on any atom is -0.355 e. The molecular formula is C14H19ClN2O2. The smallest absolute Gasteiger partial charge is 0.220 e. The zero-order valence-electron chi connectivity index (χ0n) is 11.0. The Morgan fingerprint density at radius 1 is 1.16 bits per heavy atom. The number of hydrogen-bond donors (Lipinski definition) is 2. The fourth-order valence-corrected chi connectivity index (χ4v) is 1.90. The van der Waals surface area contributed by atoms with Crippen LogP contribution >= 0.6 is 11.6 Å². The third-order valence-electron chi connectivity index (χ3n) is 2.63. The third kappa shape index (κ3) is 6.82. The van der Waals surface area contributed by atoms with Crippen molar-refractivity contribution in [3.8, 4) is 0 Å². The molecule has 0 saturated carbocycles. The van der Waals surface area contributed by atoms with Crippen LogP contribution in [0.1, 0.15) is 25.3 Å². The van der Waals surface area contributed by atoms with E-state index in [1.807, 2.05) is 24.3 Å². The number of benzene rings is 1. The van der Waals surface area contributed by atoms with Gasteiger partial charge in [0.25, 0.3) is 0 Å². The van der Waals surface area contributed by atoms with Crippen molar-refractivity contribution in [1.29, 1.82) is 0 Å². The number of halogens is 1. The molecule has 2 amide bonds. The van der Waals surface area contributed by atoms with Gasteiger partial charge in [0.15, 0.2) is 0 Å². The first kappa shape index (κ1) is 15.5. The average molecular weight is 283 g/mol. The zero-order chi connectivity index (χ0) is 14.1. The molecule has 1 rings (SSSR count). The van der Waals surface area contributed by atoms with Crippen LogP contribution in [0.25, 0.3) is 0 Å².